The third kappa shape index (κ3) is 4.00. The molecule has 1 aromatic heterocycles. The number of carbonyl (C=O) groups excluding carboxylic acids is 1. The molecule has 1 heterocycles. The molecule has 1 atom stereocenters. The Bertz CT molecular complexity index is 571. The highest BCUT2D eigenvalue weighted by Gasteiger charge is 2.16. The van der Waals surface area contributed by atoms with Crippen molar-refractivity contribution >= 4 is 34.7 Å². The number of anilines is 1. The fraction of sp³-hybridized carbons (Fsp3) is 0.250. The normalized spacial score (nSPS) is 12.2. The summed E-state index contributed by atoms with van der Waals surface area (Å²) >= 11 is 2.81. The number of nitrogens with one attached hydrogen (secondary N) is 1. The van der Waals surface area contributed by atoms with E-state index in [9.17, 15) is 9.18 Å². The molecule has 2 aromatic rings. The van der Waals surface area contributed by atoms with E-state index in [1.165, 1.54) is 47.4 Å². The molecule has 4 nitrogen and oxygen atoms in total. The quantitative estimate of drug-likeness (QED) is 0.881. The minimum atomic E-state index is -0.329. The van der Waals surface area contributed by atoms with Gasteiger partial charge in [0.25, 0.3) is 0 Å². The minimum Gasteiger partial charge on any atom is -0.325 e. The van der Waals surface area contributed by atoms with E-state index >= 15 is 0 Å². The van der Waals surface area contributed by atoms with Gasteiger partial charge >= 0.3 is 0 Å². The van der Waals surface area contributed by atoms with Crippen molar-refractivity contribution in [2.45, 2.75) is 23.4 Å². The zero-order valence-corrected chi connectivity index (χ0v) is 12.0. The Balaban J connectivity index is 1.94. The van der Waals surface area contributed by atoms with Gasteiger partial charge in [-0.1, -0.05) is 23.1 Å². The first kappa shape index (κ1) is 14.0. The van der Waals surface area contributed by atoms with E-state index in [1.807, 2.05) is 6.92 Å². The summed E-state index contributed by atoms with van der Waals surface area (Å²) in [5, 5.41) is 11.2. The summed E-state index contributed by atoms with van der Waals surface area (Å²) < 4.78 is 13.5. The Morgan fingerprint density at radius 2 is 2.05 bits per heavy atom. The number of halogens is 1. The molecule has 0 aliphatic rings. The molecule has 0 spiro atoms. The number of amides is 1. The van der Waals surface area contributed by atoms with Gasteiger partial charge in [-0.05, 0) is 38.1 Å². The Hall–Kier alpha value is -1.47. The summed E-state index contributed by atoms with van der Waals surface area (Å²) in [4.78, 5) is 11.9. The second kappa shape index (κ2) is 6.12. The highest BCUT2D eigenvalue weighted by molar-refractivity contribution is 8.02. The van der Waals surface area contributed by atoms with Gasteiger partial charge in [-0.3, -0.25) is 4.79 Å². The molecule has 1 N–H and O–H groups in total. The van der Waals surface area contributed by atoms with Gasteiger partial charge < -0.3 is 5.32 Å². The molecule has 1 amide bonds. The molecule has 0 aliphatic heterocycles. The van der Waals surface area contributed by atoms with Crippen LogP contribution in [0.25, 0.3) is 0 Å². The maximum Gasteiger partial charge on any atom is 0.237 e. The van der Waals surface area contributed by atoms with Gasteiger partial charge in [0.1, 0.15) is 10.8 Å². The lowest BCUT2D eigenvalue weighted by molar-refractivity contribution is -0.115. The summed E-state index contributed by atoms with van der Waals surface area (Å²) in [6.07, 6.45) is 0. The second-order valence-corrected chi connectivity index (χ2v) is 6.61. The average Bonchev–Trinajstić information content (AvgIpc) is 2.77. The van der Waals surface area contributed by atoms with Crippen LogP contribution in [0.4, 0.5) is 10.1 Å². The van der Waals surface area contributed by atoms with Crippen LogP contribution in [0.5, 0.6) is 0 Å². The predicted molar refractivity (Wildman–Crippen MR) is 75.0 cm³/mol. The first-order valence-electron chi connectivity index (χ1n) is 5.58. The van der Waals surface area contributed by atoms with Crippen LogP contribution in [-0.2, 0) is 4.79 Å². The van der Waals surface area contributed by atoms with Crippen LogP contribution >= 0.6 is 23.1 Å². The highest BCUT2D eigenvalue weighted by Crippen LogP contribution is 2.26. The monoisotopic (exact) mass is 297 g/mol. The molecule has 0 bridgehead atoms. The molecule has 1 aromatic carbocycles. The van der Waals surface area contributed by atoms with Crippen molar-refractivity contribution in [3.8, 4) is 0 Å². The standard InChI is InChI=1S/C12H12FN3OS2/c1-7(18-12-16-15-8(2)19-12)11(17)14-10-5-3-9(13)4-6-10/h3-7H,1-2H3,(H,14,17). The van der Waals surface area contributed by atoms with Gasteiger partial charge in [0, 0.05) is 5.69 Å². The summed E-state index contributed by atoms with van der Waals surface area (Å²) in [6, 6.07) is 5.67. The van der Waals surface area contributed by atoms with Gasteiger partial charge in [-0.25, -0.2) is 4.39 Å². The van der Waals surface area contributed by atoms with Crippen LogP contribution in [-0.4, -0.2) is 21.4 Å². The molecule has 0 saturated heterocycles. The number of hydrogen-bond donors (Lipinski definition) is 1. The smallest absolute Gasteiger partial charge is 0.237 e. The van der Waals surface area contributed by atoms with E-state index in [-0.39, 0.29) is 17.0 Å². The fourth-order valence-corrected chi connectivity index (χ4v) is 3.27. The molecule has 0 radical (unpaired) electrons. The Morgan fingerprint density at radius 3 is 2.63 bits per heavy atom. The van der Waals surface area contributed by atoms with E-state index in [0.717, 1.165) is 9.35 Å². The number of aryl methyl sites for hydroxylation is 1. The number of aromatic nitrogens is 2. The van der Waals surface area contributed by atoms with Gasteiger partial charge in [-0.15, -0.1) is 10.2 Å². The second-order valence-electron chi connectivity index (χ2n) is 3.84. The summed E-state index contributed by atoms with van der Waals surface area (Å²) in [5.41, 5.74) is 0.576. The third-order valence-electron chi connectivity index (χ3n) is 2.27. The van der Waals surface area contributed by atoms with Crippen molar-refractivity contribution in [1.29, 1.82) is 0 Å². The maximum absolute atomic E-state index is 12.7. The molecule has 0 saturated carbocycles. The van der Waals surface area contributed by atoms with Crippen LogP contribution < -0.4 is 5.32 Å². The molecule has 0 aliphatic carbocycles. The minimum absolute atomic E-state index is 0.149. The molecular formula is C12H12FN3OS2. The number of hydrogen-bond acceptors (Lipinski definition) is 5. The van der Waals surface area contributed by atoms with Gasteiger partial charge in [0.2, 0.25) is 5.91 Å². The Morgan fingerprint density at radius 1 is 1.37 bits per heavy atom. The number of thioether (sulfide) groups is 1. The fourth-order valence-electron chi connectivity index (χ4n) is 1.31. The molecule has 2 rings (SSSR count). The summed E-state index contributed by atoms with van der Waals surface area (Å²) in [6.45, 7) is 3.66. The van der Waals surface area contributed by atoms with Gasteiger partial charge in [-0.2, -0.15) is 0 Å². The Kier molecular flexibility index (Phi) is 4.49. The van der Waals surface area contributed by atoms with Crippen molar-refractivity contribution in [2.75, 3.05) is 5.32 Å². The lowest BCUT2D eigenvalue weighted by Crippen LogP contribution is -2.22. The molecule has 19 heavy (non-hydrogen) atoms. The number of carbonyl (C=O) groups is 1. The largest absolute Gasteiger partial charge is 0.325 e. The zero-order chi connectivity index (χ0) is 13.8. The van der Waals surface area contributed by atoms with E-state index in [0.29, 0.717) is 5.69 Å². The van der Waals surface area contributed by atoms with Crippen molar-refractivity contribution in [2.24, 2.45) is 0 Å². The third-order valence-corrected chi connectivity index (χ3v) is 4.29. The number of nitrogens with zero attached hydrogens (tertiary/aromatic N) is 2. The van der Waals surface area contributed by atoms with Crippen LogP contribution in [0.15, 0.2) is 28.6 Å². The number of benzene rings is 1. The first-order valence-corrected chi connectivity index (χ1v) is 7.27. The molecule has 100 valence electrons. The van der Waals surface area contributed by atoms with E-state index in [1.54, 1.807) is 6.92 Å². The van der Waals surface area contributed by atoms with Crippen LogP contribution in [0, 0.1) is 12.7 Å². The molecule has 0 fully saturated rings. The first-order chi connectivity index (χ1) is 9.04. The maximum atomic E-state index is 12.7. The lowest BCUT2D eigenvalue weighted by atomic mass is 10.3. The molecular weight excluding hydrogens is 285 g/mol. The SMILES string of the molecule is Cc1nnc(SC(C)C(=O)Nc2ccc(F)cc2)s1. The van der Waals surface area contributed by atoms with E-state index in [4.69, 9.17) is 0 Å². The predicted octanol–water partition coefficient (Wildman–Crippen LogP) is 3.10. The molecule has 7 heteroatoms. The van der Waals surface area contributed by atoms with Crippen molar-refractivity contribution < 1.29 is 9.18 Å². The van der Waals surface area contributed by atoms with Crippen molar-refractivity contribution in [3.05, 3.63) is 35.1 Å². The van der Waals surface area contributed by atoms with Gasteiger partial charge in [0.05, 0.1) is 5.25 Å². The lowest BCUT2D eigenvalue weighted by Gasteiger charge is -2.10. The van der Waals surface area contributed by atoms with Crippen molar-refractivity contribution in [1.82, 2.24) is 10.2 Å². The highest BCUT2D eigenvalue weighted by atomic mass is 32.2. The number of rotatable bonds is 4. The Labute approximate surface area is 118 Å². The average molecular weight is 297 g/mol. The topological polar surface area (TPSA) is 54.9 Å². The summed E-state index contributed by atoms with van der Waals surface area (Å²) in [7, 11) is 0. The van der Waals surface area contributed by atoms with Crippen molar-refractivity contribution in [3.63, 3.8) is 0 Å². The van der Waals surface area contributed by atoms with Crippen LogP contribution in [0.2, 0.25) is 0 Å². The van der Waals surface area contributed by atoms with E-state index < -0.39 is 0 Å². The summed E-state index contributed by atoms with van der Waals surface area (Å²) in [5.74, 6) is -0.478. The zero-order valence-electron chi connectivity index (χ0n) is 10.4. The van der Waals surface area contributed by atoms with Crippen LogP contribution in [0.1, 0.15) is 11.9 Å². The van der Waals surface area contributed by atoms with Gasteiger partial charge in [0.15, 0.2) is 4.34 Å². The van der Waals surface area contributed by atoms with E-state index in [2.05, 4.69) is 15.5 Å². The molecule has 1 unspecified atom stereocenters. The van der Waals surface area contributed by atoms with Crippen LogP contribution in [0.3, 0.4) is 0 Å².